The summed E-state index contributed by atoms with van der Waals surface area (Å²) in [5.74, 6) is -1.34. The first-order valence-corrected chi connectivity index (χ1v) is 7.40. The Morgan fingerprint density at radius 1 is 1.19 bits per heavy atom. The van der Waals surface area contributed by atoms with E-state index >= 15 is 0 Å². The van der Waals surface area contributed by atoms with Crippen molar-refractivity contribution in [2.75, 3.05) is 5.32 Å². The van der Waals surface area contributed by atoms with Gasteiger partial charge in [-0.05, 0) is 49.8 Å². The van der Waals surface area contributed by atoms with Crippen molar-refractivity contribution in [1.29, 1.82) is 0 Å². The van der Waals surface area contributed by atoms with E-state index in [2.05, 4.69) is 17.6 Å². The minimum absolute atomic E-state index is 0.0521. The number of anilines is 1. The molecule has 2 amide bonds. The fourth-order valence-electron chi connectivity index (χ4n) is 2.42. The van der Waals surface area contributed by atoms with Gasteiger partial charge in [0.2, 0.25) is 0 Å². The lowest BCUT2D eigenvalue weighted by Gasteiger charge is -2.26. The van der Waals surface area contributed by atoms with Gasteiger partial charge >= 0.3 is 11.8 Å². The second-order valence-electron chi connectivity index (χ2n) is 5.51. The average Bonchev–Trinajstić information content (AvgIpc) is 2.45. The van der Waals surface area contributed by atoms with Crippen molar-refractivity contribution in [3.8, 4) is 0 Å². The molecule has 6 heteroatoms. The molecule has 0 saturated heterocycles. The third-order valence-electron chi connectivity index (χ3n) is 3.73. The minimum atomic E-state index is -0.767. The van der Waals surface area contributed by atoms with E-state index in [0.29, 0.717) is 11.6 Å². The van der Waals surface area contributed by atoms with E-state index in [1.54, 1.807) is 0 Å². The number of hydrogen-bond donors (Lipinski definition) is 2. The predicted molar refractivity (Wildman–Crippen MR) is 79.6 cm³/mol. The van der Waals surface area contributed by atoms with Gasteiger partial charge in [0.15, 0.2) is 0 Å². The van der Waals surface area contributed by atoms with Crippen molar-refractivity contribution in [2.24, 2.45) is 5.92 Å². The molecular formula is C15H18ClFN2O2. The van der Waals surface area contributed by atoms with Crippen molar-refractivity contribution >= 4 is 29.1 Å². The lowest BCUT2D eigenvalue weighted by Crippen LogP contribution is -2.43. The summed E-state index contributed by atoms with van der Waals surface area (Å²) in [5.41, 5.74) is 0.291. The maximum atomic E-state index is 13.0. The first-order chi connectivity index (χ1) is 9.95. The Balaban J connectivity index is 1.87. The molecule has 0 heterocycles. The molecule has 114 valence electrons. The van der Waals surface area contributed by atoms with Gasteiger partial charge < -0.3 is 10.6 Å². The molecule has 4 nitrogen and oxygen atoms in total. The summed E-state index contributed by atoms with van der Waals surface area (Å²) in [7, 11) is 0. The van der Waals surface area contributed by atoms with Crippen LogP contribution < -0.4 is 10.6 Å². The topological polar surface area (TPSA) is 58.2 Å². The molecule has 0 bridgehead atoms. The monoisotopic (exact) mass is 312 g/mol. The molecule has 1 saturated carbocycles. The Morgan fingerprint density at radius 3 is 2.48 bits per heavy atom. The summed E-state index contributed by atoms with van der Waals surface area (Å²) in [4.78, 5) is 23.6. The van der Waals surface area contributed by atoms with Gasteiger partial charge in [0.1, 0.15) is 5.82 Å². The minimum Gasteiger partial charge on any atom is -0.345 e. The number of rotatable bonds is 2. The lowest BCUT2D eigenvalue weighted by atomic mass is 9.87. The molecule has 1 aromatic carbocycles. The van der Waals surface area contributed by atoms with Gasteiger partial charge in [-0.1, -0.05) is 18.5 Å². The highest BCUT2D eigenvalue weighted by Crippen LogP contribution is 2.23. The highest BCUT2D eigenvalue weighted by atomic mass is 35.5. The smallest absolute Gasteiger partial charge is 0.313 e. The van der Waals surface area contributed by atoms with Crippen LogP contribution in [0, 0.1) is 11.7 Å². The number of hydrogen-bond acceptors (Lipinski definition) is 2. The average molecular weight is 313 g/mol. The SMILES string of the molecule is CC1CCC(NC(=O)C(=O)Nc2ccc(F)c(Cl)c2)CC1. The highest BCUT2D eigenvalue weighted by molar-refractivity contribution is 6.40. The molecule has 0 unspecified atom stereocenters. The first kappa shape index (κ1) is 15.8. The van der Waals surface area contributed by atoms with E-state index in [9.17, 15) is 14.0 Å². The Labute approximate surface area is 128 Å². The molecule has 1 fully saturated rings. The van der Waals surface area contributed by atoms with E-state index in [1.165, 1.54) is 12.1 Å². The molecule has 0 aliphatic heterocycles. The molecule has 0 spiro atoms. The van der Waals surface area contributed by atoms with Crippen LogP contribution in [-0.4, -0.2) is 17.9 Å². The lowest BCUT2D eigenvalue weighted by molar-refractivity contribution is -0.136. The molecule has 2 N–H and O–H groups in total. The summed E-state index contributed by atoms with van der Waals surface area (Å²) in [6, 6.07) is 3.81. The molecular weight excluding hydrogens is 295 g/mol. The molecule has 1 aliphatic carbocycles. The standard InChI is InChI=1S/C15H18ClFN2O2/c1-9-2-4-10(5-3-9)18-14(20)15(21)19-11-6-7-13(17)12(16)8-11/h6-10H,2-5H2,1H3,(H,18,20)(H,19,21). The molecule has 1 aromatic rings. The van der Waals surface area contributed by atoms with Gasteiger partial charge in [-0.3, -0.25) is 9.59 Å². The first-order valence-electron chi connectivity index (χ1n) is 7.02. The predicted octanol–water partition coefficient (Wildman–Crippen LogP) is 3.11. The van der Waals surface area contributed by atoms with Gasteiger partial charge in [0.25, 0.3) is 0 Å². The molecule has 0 radical (unpaired) electrons. The number of carbonyl (C=O) groups is 2. The zero-order chi connectivity index (χ0) is 15.4. The van der Waals surface area contributed by atoms with Crippen LogP contribution in [0.25, 0.3) is 0 Å². The maximum absolute atomic E-state index is 13.0. The Bertz CT molecular complexity index is 542. The van der Waals surface area contributed by atoms with Crippen LogP contribution in [0.2, 0.25) is 5.02 Å². The number of halogens is 2. The van der Waals surface area contributed by atoms with Crippen LogP contribution in [0.1, 0.15) is 32.6 Å². The van der Waals surface area contributed by atoms with Crippen molar-refractivity contribution < 1.29 is 14.0 Å². The van der Waals surface area contributed by atoms with Crippen LogP contribution in [0.5, 0.6) is 0 Å². The van der Waals surface area contributed by atoms with E-state index < -0.39 is 17.6 Å². The Kier molecular flexibility index (Phi) is 5.17. The zero-order valence-corrected chi connectivity index (χ0v) is 12.5. The third kappa shape index (κ3) is 4.43. The van der Waals surface area contributed by atoms with Crippen molar-refractivity contribution in [3.63, 3.8) is 0 Å². The van der Waals surface area contributed by atoms with Crippen molar-refractivity contribution in [3.05, 3.63) is 29.0 Å². The van der Waals surface area contributed by atoms with Gasteiger partial charge in [-0.15, -0.1) is 0 Å². The number of nitrogens with one attached hydrogen (secondary N) is 2. The Hall–Kier alpha value is -1.62. The van der Waals surface area contributed by atoms with E-state index in [0.717, 1.165) is 31.7 Å². The fourth-order valence-corrected chi connectivity index (χ4v) is 2.60. The van der Waals surface area contributed by atoms with E-state index in [1.807, 2.05) is 0 Å². The third-order valence-corrected chi connectivity index (χ3v) is 4.02. The van der Waals surface area contributed by atoms with Gasteiger partial charge in [0.05, 0.1) is 5.02 Å². The van der Waals surface area contributed by atoms with Crippen molar-refractivity contribution in [1.82, 2.24) is 5.32 Å². The van der Waals surface area contributed by atoms with Crippen LogP contribution in [0.3, 0.4) is 0 Å². The van der Waals surface area contributed by atoms with Crippen LogP contribution in [-0.2, 0) is 9.59 Å². The van der Waals surface area contributed by atoms with E-state index in [-0.39, 0.29) is 11.1 Å². The molecule has 1 aliphatic rings. The molecule has 0 atom stereocenters. The summed E-state index contributed by atoms with van der Waals surface area (Å²) in [6.45, 7) is 2.18. The summed E-state index contributed by atoms with van der Waals surface area (Å²) < 4.78 is 13.0. The highest BCUT2D eigenvalue weighted by Gasteiger charge is 2.22. The second kappa shape index (κ2) is 6.89. The molecule has 0 aromatic heterocycles. The van der Waals surface area contributed by atoms with Gasteiger partial charge in [0, 0.05) is 11.7 Å². The Morgan fingerprint density at radius 2 is 1.86 bits per heavy atom. The number of amides is 2. The zero-order valence-electron chi connectivity index (χ0n) is 11.8. The van der Waals surface area contributed by atoms with Gasteiger partial charge in [-0.25, -0.2) is 4.39 Å². The number of carbonyl (C=O) groups excluding carboxylic acids is 2. The van der Waals surface area contributed by atoms with Gasteiger partial charge in [-0.2, -0.15) is 0 Å². The summed E-state index contributed by atoms with van der Waals surface area (Å²) >= 11 is 5.62. The summed E-state index contributed by atoms with van der Waals surface area (Å²) in [6.07, 6.45) is 3.89. The summed E-state index contributed by atoms with van der Waals surface area (Å²) in [5, 5.41) is 5.03. The number of benzene rings is 1. The molecule has 2 rings (SSSR count). The van der Waals surface area contributed by atoms with Crippen LogP contribution in [0.15, 0.2) is 18.2 Å². The normalized spacial score (nSPS) is 21.7. The van der Waals surface area contributed by atoms with Crippen LogP contribution in [0.4, 0.5) is 10.1 Å². The fraction of sp³-hybridized carbons (Fsp3) is 0.467. The molecule has 21 heavy (non-hydrogen) atoms. The maximum Gasteiger partial charge on any atom is 0.313 e. The second-order valence-corrected chi connectivity index (χ2v) is 5.92. The van der Waals surface area contributed by atoms with E-state index in [4.69, 9.17) is 11.6 Å². The van der Waals surface area contributed by atoms with Crippen LogP contribution >= 0.6 is 11.6 Å². The quantitative estimate of drug-likeness (QED) is 0.824. The largest absolute Gasteiger partial charge is 0.345 e. The van der Waals surface area contributed by atoms with Crippen molar-refractivity contribution in [2.45, 2.75) is 38.6 Å².